The summed E-state index contributed by atoms with van der Waals surface area (Å²) in [4.78, 5) is 13.3. The van der Waals surface area contributed by atoms with Crippen LogP contribution in [-0.2, 0) is 23.4 Å². The molecule has 7 atom stereocenters. The van der Waals surface area contributed by atoms with Crippen molar-refractivity contribution in [2.24, 2.45) is 5.92 Å². The molecule has 2 bridgehead atoms. The molecule has 0 unspecified atom stereocenters. The van der Waals surface area contributed by atoms with Crippen molar-refractivity contribution in [2.75, 3.05) is 7.11 Å². The van der Waals surface area contributed by atoms with Crippen LogP contribution in [0.25, 0.3) is 0 Å². The molecular formula is C25H46O7Si. The molecule has 7 nitrogen and oxygen atoms in total. The lowest BCUT2D eigenvalue weighted by Crippen LogP contribution is -2.57. The first kappa shape index (κ1) is 28.5. The largest absolute Gasteiger partial charge is 0.459 e. The molecule has 0 aromatic rings. The summed E-state index contributed by atoms with van der Waals surface area (Å²) in [7, 11) is -0.618. The minimum Gasteiger partial charge on any atom is -0.459 e. The van der Waals surface area contributed by atoms with E-state index >= 15 is 0 Å². The fourth-order valence-corrected chi connectivity index (χ4v) is 5.62. The van der Waals surface area contributed by atoms with Gasteiger partial charge in [-0.1, -0.05) is 27.7 Å². The average molecular weight is 487 g/mol. The van der Waals surface area contributed by atoms with Gasteiger partial charge in [-0.2, -0.15) is 0 Å². The van der Waals surface area contributed by atoms with Crippen LogP contribution in [0, 0.1) is 5.92 Å². The fraction of sp³-hybridized carbons (Fsp3) is 0.880. The van der Waals surface area contributed by atoms with Crippen LogP contribution in [0.3, 0.4) is 0 Å². The van der Waals surface area contributed by atoms with Crippen LogP contribution in [-0.4, -0.2) is 66.9 Å². The molecule has 0 aromatic heterocycles. The Morgan fingerprint density at radius 2 is 1.79 bits per heavy atom. The maximum atomic E-state index is 13.3. The monoisotopic (exact) mass is 486 g/mol. The van der Waals surface area contributed by atoms with Gasteiger partial charge in [-0.25, -0.2) is 0 Å². The van der Waals surface area contributed by atoms with E-state index in [9.17, 15) is 15.0 Å². The maximum Gasteiger partial charge on any atom is 0.311 e. The van der Waals surface area contributed by atoms with Crippen LogP contribution in [0.15, 0.2) is 12.2 Å². The predicted molar refractivity (Wildman–Crippen MR) is 130 cm³/mol. The van der Waals surface area contributed by atoms with Gasteiger partial charge in [-0.05, 0) is 63.9 Å². The first-order chi connectivity index (χ1) is 14.9. The van der Waals surface area contributed by atoms with E-state index in [-0.39, 0.29) is 5.04 Å². The highest BCUT2D eigenvalue weighted by Gasteiger charge is 2.50. The van der Waals surface area contributed by atoms with E-state index < -0.39 is 55.5 Å². The molecule has 2 aliphatic rings. The summed E-state index contributed by atoms with van der Waals surface area (Å²) in [5.74, 6) is -2.56. The van der Waals surface area contributed by atoms with E-state index in [1.165, 1.54) is 12.2 Å². The third-order valence-corrected chi connectivity index (χ3v) is 12.6. The first-order valence-corrected chi connectivity index (χ1v) is 15.1. The second kappa shape index (κ2) is 9.70. The lowest BCUT2D eigenvalue weighted by molar-refractivity contribution is -0.284. The number of hydrogen-bond acceptors (Lipinski definition) is 7. The van der Waals surface area contributed by atoms with Crippen molar-refractivity contribution in [2.45, 2.75) is 128 Å². The van der Waals surface area contributed by atoms with Gasteiger partial charge in [0.25, 0.3) is 0 Å². The van der Waals surface area contributed by atoms with Crippen LogP contribution in [0.4, 0.5) is 0 Å². The van der Waals surface area contributed by atoms with Crippen molar-refractivity contribution < 1.29 is 33.6 Å². The molecule has 2 heterocycles. The lowest BCUT2D eigenvalue weighted by atomic mass is 9.82. The van der Waals surface area contributed by atoms with Crippen molar-refractivity contribution in [1.29, 1.82) is 0 Å². The van der Waals surface area contributed by atoms with E-state index in [0.29, 0.717) is 25.7 Å². The SMILES string of the molecule is CC[C@H]1OC(=O)[C@H](C)[C@@H](O[Si](C)(C)C(C)(C)C)C[C@H]2O[C@@](O)(/C=C/[C@]1(C)O)CC[C@@]2(C)OC. The third kappa shape index (κ3) is 6.27. The Bertz CT molecular complexity index is 729. The normalized spacial score (nSPS) is 42.1. The van der Waals surface area contributed by atoms with Crippen LogP contribution in [0.5, 0.6) is 0 Å². The molecule has 0 spiro atoms. The molecule has 33 heavy (non-hydrogen) atoms. The Morgan fingerprint density at radius 1 is 1.18 bits per heavy atom. The number of methoxy groups -OCH3 is 1. The third-order valence-electron chi connectivity index (χ3n) is 8.06. The number of carbonyl (C=O) groups excluding carboxylic acids is 1. The molecular weight excluding hydrogens is 440 g/mol. The second-order valence-electron chi connectivity index (χ2n) is 11.8. The van der Waals surface area contributed by atoms with Gasteiger partial charge < -0.3 is 28.8 Å². The van der Waals surface area contributed by atoms with E-state index in [4.69, 9.17) is 18.6 Å². The van der Waals surface area contributed by atoms with Gasteiger partial charge in [0.05, 0.1) is 23.7 Å². The Kier molecular flexibility index (Phi) is 8.37. The minimum atomic E-state index is -2.25. The van der Waals surface area contributed by atoms with Gasteiger partial charge in [0.2, 0.25) is 0 Å². The molecule has 0 aromatic carbocycles. The van der Waals surface area contributed by atoms with Crippen LogP contribution in [0.2, 0.25) is 18.1 Å². The minimum absolute atomic E-state index is 0.0581. The summed E-state index contributed by atoms with van der Waals surface area (Å²) in [5.41, 5.74) is -2.12. The van der Waals surface area contributed by atoms with Gasteiger partial charge in [0, 0.05) is 20.0 Å². The summed E-state index contributed by atoms with van der Waals surface area (Å²) in [6.07, 6.45) is 2.86. The van der Waals surface area contributed by atoms with Crippen LogP contribution >= 0.6 is 0 Å². The summed E-state index contributed by atoms with van der Waals surface area (Å²) < 4.78 is 24.7. The quantitative estimate of drug-likeness (QED) is 0.347. The number of esters is 1. The predicted octanol–water partition coefficient (Wildman–Crippen LogP) is 4.32. The first-order valence-electron chi connectivity index (χ1n) is 12.2. The summed E-state index contributed by atoms with van der Waals surface area (Å²) >= 11 is 0. The van der Waals surface area contributed by atoms with Crippen molar-refractivity contribution in [1.82, 2.24) is 0 Å². The molecule has 8 heteroatoms. The molecule has 0 saturated carbocycles. The maximum absolute atomic E-state index is 13.3. The Labute approximate surface area is 201 Å². The Balaban J connectivity index is 2.56. The van der Waals surface area contributed by atoms with Gasteiger partial charge in [-0.15, -0.1) is 0 Å². The standard InChI is InChI=1S/C25H46O7Si/c1-11-19-23(6,27)12-14-25(28)15-13-24(7,29-8)20(31-25)16-18(17(2)21(26)30-19)32-33(9,10)22(3,4)5/h12,14,17-20,27-28H,11,13,15-16H2,1-10H3/b14-12+/t17-,18+,19-,20-,23+,24-,25+/m1/s1. The van der Waals surface area contributed by atoms with E-state index in [1.807, 2.05) is 20.8 Å². The molecule has 1 fully saturated rings. The van der Waals surface area contributed by atoms with Crippen molar-refractivity contribution in [3.8, 4) is 0 Å². The fourth-order valence-electron chi connectivity index (χ4n) is 4.21. The highest BCUT2D eigenvalue weighted by molar-refractivity contribution is 6.74. The van der Waals surface area contributed by atoms with Crippen LogP contribution in [0.1, 0.15) is 74.1 Å². The van der Waals surface area contributed by atoms with E-state index in [0.717, 1.165) is 0 Å². The Hall–Kier alpha value is -0.773. The van der Waals surface area contributed by atoms with Crippen molar-refractivity contribution in [3.63, 3.8) is 0 Å². The topological polar surface area (TPSA) is 94.5 Å². The summed E-state index contributed by atoms with van der Waals surface area (Å²) in [6, 6.07) is 0. The zero-order chi connectivity index (χ0) is 25.5. The summed E-state index contributed by atoms with van der Waals surface area (Å²) in [5, 5.41) is 22.3. The lowest BCUT2D eigenvalue weighted by Gasteiger charge is -2.49. The number of ether oxygens (including phenoxy) is 3. The molecule has 0 amide bonds. The number of cyclic esters (lactones) is 1. The zero-order valence-electron chi connectivity index (χ0n) is 22.2. The Morgan fingerprint density at radius 3 is 2.30 bits per heavy atom. The van der Waals surface area contributed by atoms with Gasteiger partial charge in [0.15, 0.2) is 14.1 Å². The van der Waals surface area contributed by atoms with Crippen LogP contribution < -0.4 is 0 Å². The zero-order valence-corrected chi connectivity index (χ0v) is 23.2. The second-order valence-corrected chi connectivity index (χ2v) is 16.6. The number of fused-ring (bicyclic) bond motifs is 2. The highest BCUT2D eigenvalue weighted by atomic mass is 28.4. The molecule has 2 N–H and O–H groups in total. The molecule has 0 aliphatic carbocycles. The molecule has 2 aliphatic heterocycles. The van der Waals surface area contributed by atoms with E-state index in [1.54, 1.807) is 14.0 Å². The number of carbonyl (C=O) groups is 1. The number of hydrogen-bond donors (Lipinski definition) is 2. The van der Waals surface area contributed by atoms with Gasteiger partial charge in [0.1, 0.15) is 11.7 Å². The van der Waals surface area contributed by atoms with Gasteiger partial charge >= 0.3 is 5.97 Å². The van der Waals surface area contributed by atoms with E-state index in [2.05, 4.69) is 33.9 Å². The van der Waals surface area contributed by atoms with Crippen molar-refractivity contribution >= 4 is 14.3 Å². The molecule has 2 rings (SSSR count). The van der Waals surface area contributed by atoms with Crippen molar-refractivity contribution in [3.05, 3.63) is 12.2 Å². The number of rotatable bonds is 4. The highest BCUT2D eigenvalue weighted by Crippen LogP contribution is 2.43. The smallest absolute Gasteiger partial charge is 0.311 e. The molecule has 192 valence electrons. The van der Waals surface area contributed by atoms with Gasteiger partial charge in [-0.3, -0.25) is 4.79 Å². The molecule has 1 saturated heterocycles. The average Bonchev–Trinajstić information content (AvgIpc) is 2.70. The summed E-state index contributed by atoms with van der Waals surface area (Å²) in [6.45, 7) is 18.0. The molecule has 0 radical (unpaired) electrons. The number of aliphatic hydroxyl groups is 2.